The van der Waals surface area contributed by atoms with Gasteiger partial charge in [0.05, 0.1) is 12.8 Å². The van der Waals surface area contributed by atoms with Crippen LogP contribution in [0.15, 0.2) is 11.2 Å². The molecular weight excluding hydrogens is 396 g/mol. The maximum atomic E-state index is 12.6. The van der Waals surface area contributed by atoms with Crippen molar-refractivity contribution in [3.05, 3.63) is 11.8 Å². The zero-order chi connectivity index (χ0) is 20.9. The minimum absolute atomic E-state index is 0.0570. The van der Waals surface area contributed by atoms with Crippen molar-refractivity contribution in [3.8, 4) is 0 Å². The molecule has 1 aromatic rings. The van der Waals surface area contributed by atoms with E-state index in [-0.39, 0.29) is 12.2 Å². The average Bonchev–Trinajstić information content (AvgIpc) is 3.03. The summed E-state index contributed by atoms with van der Waals surface area (Å²) >= 11 is 0. The number of nitrogens with one attached hydrogen (secondary N) is 4. The third kappa shape index (κ3) is 5.17. The van der Waals surface area contributed by atoms with E-state index in [0.717, 1.165) is 10.9 Å². The van der Waals surface area contributed by atoms with Gasteiger partial charge in [-0.15, -0.1) is 0 Å². The summed E-state index contributed by atoms with van der Waals surface area (Å²) in [6.45, 7) is 1.64. The van der Waals surface area contributed by atoms with Crippen LogP contribution in [0.1, 0.15) is 23.7 Å². The smallest absolute Gasteiger partial charge is 0.342 e. The third-order valence-corrected chi connectivity index (χ3v) is 5.29. The molecule has 1 aromatic heterocycles. The van der Waals surface area contributed by atoms with Gasteiger partial charge >= 0.3 is 12.0 Å². The van der Waals surface area contributed by atoms with Crippen LogP contribution in [0.2, 0.25) is 0 Å². The van der Waals surface area contributed by atoms with Gasteiger partial charge in [0.15, 0.2) is 5.03 Å². The van der Waals surface area contributed by atoms with Crippen LogP contribution in [0.3, 0.4) is 0 Å². The summed E-state index contributed by atoms with van der Waals surface area (Å²) in [4.78, 5) is 24.2. The molecule has 28 heavy (non-hydrogen) atoms. The van der Waals surface area contributed by atoms with Crippen molar-refractivity contribution < 1.29 is 32.2 Å². The highest BCUT2D eigenvalue weighted by Crippen LogP contribution is 2.15. The standard InChI is InChI=1S/C14H24N6O7S/c1-5-27-12(21)8-7-15-20(2)11(8)28(23,24)19-14(22)18-13-16-9(25-3)6-10(17-13)26-4/h7,9-10,13,16-17H,5-6H2,1-4H3,(H2,18,19,22). The van der Waals surface area contributed by atoms with Crippen LogP contribution in [0.4, 0.5) is 4.79 Å². The molecule has 13 nitrogen and oxygen atoms in total. The molecule has 1 fully saturated rings. The largest absolute Gasteiger partial charge is 0.462 e. The molecule has 0 spiro atoms. The van der Waals surface area contributed by atoms with Crippen molar-refractivity contribution in [2.45, 2.75) is 37.1 Å². The minimum atomic E-state index is -4.41. The van der Waals surface area contributed by atoms with Crippen LogP contribution in [-0.2, 0) is 31.3 Å². The predicted octanol–water partition coefficient (Wildman–Crippen LogP) is -1.60. The Labute approximate surface area is 162 Å². The number of amides is 2. The van der Waals surface area contributed by atoms with Gasteiger partial charge in [-0.2, -0.15) is 13.5 Å². The van der Waals surface area contributed by atoms with E-state index in [1.54, 1.807) is 6.92 Å². The molecule has 2 rings (SSSR count). The molecule has 14 heteroatoms. The number of aryl methyl sites for hydroxylation is 1. The number of methoxy groups -OCH3 is 2. The zero-order valence-corrected chi connectivity index (χ0v) is 16.7. The number of rotatable bonds is 7. The van der Waals surface area contributed by atoms with Gasteiger partial charge in [0.25, 0.3) is 10.0 Å². The van der Waals surface area contributed by atoms with Gasteiger partial charge < -0.3 is 19.5 Å². The summed E-state index contributed by atoms with van der Waals surface area (Å²) in [5, 5.41) is 11.5. The maximum Gasteiger partial charge on any atom is 0.342 e. The summed E-state index contributed by atoms with van der Waals surface area (Å²) < 4.78 is 43.2. The van der Waals surface area contributed by atoms with Crippen LogP contribution >= 0.6 is 0 Å². The molecule has 2 unspecified atom stereocenters. The number of nitrogens with zero attached hydrogens (tertiary/aromatic N) is 2. The Morgan fingerprint density at radius 2 is 1.89 bits per heavy atom. The molecule has 2 amide bonds. The molecule has 4 N–H and O–H groups in total. The predicted molar refractivity (Wildman–Crippen MR) is 94.3 cm³/mol. The van der Waals surface area contributed by atoms with E-state index >= 15 is 0 Å². The molecule has 0 radical (unpaired) electrons. The monoisotopic (exact) mass is 420 g/mol. The van der Waals surface area contributed by atoms with Crippen molar-refractivity contribution >= 4 is 22.0 Å². The Bertz CT molecular complexity index is 799. The van der Waals surface area contributed by atoms with Gasteiger partial charge in [-0.05, 0) is 6.92 Å². The first-order valence-corrected chi connectivity index (χ1v) is 9.80. The molecule has 158 valence electrons. The van der Waals surface area contributed by atoms with Crippen molar-refractivity contribution in [1.82, 2.24) is 30.5 Å². The lowest BCUT2D eigenvalue weighted by atomic mass is 10.3. The molecule has 0 bridgehead atoms. The lowest BCUT2D eigenvalue weighted by Crippen LogP contribution is -2.67. The number of carbonyl (C=O) groups excluding carboxylic acids is 2. The second kappa shape index (κ2) is 9.29. The molecule has 1 saturated heterocycles. The quantitative estimate of drug-likeness (QED) is 0.378. The fraction of sp³-hybridized carbons (Fsp3) is 0.643. The van der Waals surface area contributed by atoms with E-state index in [1.165, 1.54) is 21.3 Å². The number of hydrogen-bond donors (Lipinski definition) is 4. The Hall–Kier alpha value is -2.26. The summed E-state index contributed by atoms with van der Waals surface area (Å²) in [7, 11) is -0.120. The first-order valence-electron chi connectivity index (χ1n) is 8.32. The van der Waals surface area contributed by atoms with Crippen LogP contribution < -0.4 is 20.7 Å². The molecular formula is C14H24N6O7S. The Kier molecular flexibility index (Phi) is 7.31. The average molecular weight is 420 g/mol. The highest BCUT2D eigenvalue weighted by Gasteiger charge is 2.32. The van der Waals surface area contributed by atoms with E-state index in [9.17, 15) is 18.0 Å². The van der Waals surface area contributed by atoms with Crippen molar-refractivity contribution in [2.24, 2.45) is 7.05 Å². The molecule has 1 aliphatic heterocycles. The summed E-state index contributed by atoms with van der Waals surface area (Å²) in [6.07, 6.45) is -0.125. The summed E-state index contributed by atoms with van der Waals surface area (Å²) in [6, 6.07) is -1.03. The molecule has 0 aliphatic carbocycles. The number of aromatic nitrogens is 2. The topological polar surface area (TPSA) is 162 Å². The van der Waals surface area contributed by atoms with E-state index in [1.807, 2.05) is 4.72 Å². The van der Waals surface area contributed by atoms with Gasteiger partial charge in [-0.3, -0.25) is 15.3 Å². The van der Waals surface area contributed by atoms with E-state index in [2.05, 4.69) is 21.0 Å². The van der Waals surface area contributed by atoms with Crippen LogP contribution in [0.5, 0.6) is 0 Å². The van der Waals surface area contributed by atoms with Crippen LogP contribution in [0, 0.1) is 0 Å². The number of urea groups is 1. The number of ether oxygens (including phenoxy) is 3. The second-order valence-electron chi connectivity index (χ2n) is 5.74. The fourth-order valence-corrected chi connectivity index (χ4v) is 3.81. The van der Waals surface area contributed by atoms with Gasteiger partial charge in [-0.1, -0.05) is 0 Å². The van der Waals surface area contributed by atoms with Gasteiger partial charge in [0.2, 0.25) is 0 Å². The maximum absolute atomic E-state index is 12.6. The van der Waals surface area contributed by atoms with Crippen molar-refractivity contribution in [1.29, 1.82) is 0 Å². The number of carbonyl (C=O) groups is 2. The van der Waals surface area contributed by atoms with Gasteiger partial charge in [-0.25, -0.2) is 14.3 Å². The number of hydrogen-bond acceptors (Lipinski definition) is 10. The van der Waals surface area contributed by atoms with E-state index in [0.29, 0.717) is 6.42 Å². The Balaban J connectivity index is 2.11. The summed E-state index contributed by atoms with van der Waals surface area (Å²) in [5.74, 6) is -0.863. The molecule has 2 atom stereocenters. The molecule has 0 saturated carbocycles. The Morgan fingerprint density at radius 3 is 2.43 bits per heavy atom. The first kappa shape index (κ1) is 22.0. The normalized spacial score (nSPS) is 22.5. The Morgan fingerprint density at radius 1 is 1.29 bits per heavy atom. The third-order valence-electron chi connectivity index (χ3n) is 3.84. The van der Waals surface area contributed by atoms with Crippen molar-refractivity contribution in [3.63, 3.8) is 0 Å². The van der Waals surface area contributed by atoms with Gasteiger partial charge in [0.1, 0.15) is 24.3 Å². The van der Waals surface area contributed by atoms with Crippen molar-refractivity contribution in [2.75, 3.05) is 20.8 Å². The minimum Gasteiger partial charge on any atom is -0.462 e. The van der Waals surface area contributed by atoms with Gasteiger partial charge in [0, 0.05) is 27.7 Å². The van der Waals surface area contributed by atoms with Crippen LogP contribution in [0.25, 0.3) is 0 Å². The zero-order valence-electron chi connectivity index (χ0n) is 15.9. The summed E-state index contributed by atoms with van der Waals surface area (Å²) in [5.41, 5.74) is -0.280. The second-order valence-corrected chi connectivity index (χ2v) is 7.33. The number of sulfonamides is 1. The highest BCUT2D eigenvalue weighted by atomic mass is 32.2. The molecule has 2 heterocycles. The molecule has 1 aliphatic rings. The highest BCUT2D eigenvalue weighted by molar-refractivity contribution is 7.90. The van der Waals surface area contributed by atoms with E-state index < -0.39 is 45.8 Å². The first-order chi connectivity index (χ1) is 13.2. The lowest BCUT2D eigenvalue weighted by Gasteiger charge is -2.36. The molecule has 0 aromatic carbocycles. The SMILES string of the molecule is CCOC(=O)c1cnn(C)c1S(=O)(=O)NC(=O)NC1NC(OC)CC(OC)N1. The van der Waals surface area contributed by atoms with E-state index in [4.69, 9.17) is 14.2 Å². The number of esters is 1. The fourth-order valence-electron chi connectivity index (χ4n) is 2.59. The van der Waals surface area contributed by atoms with Crippen LogP contribution in [-0.4, -0.2) is 69.8 Å². The lowest BCUT2D eigenvalue weighted by molar-refractivity contribution is -0.0572.